The highest BCUT2D eigenvalue weighted by atomic mass is 16.3. The van der Waals surface area contributed by atoms with Crippen molar-refractivity contribution in [1.29, 1.82) is 0 Å². The van der Waals surface area contributed by atoms with Crippen molar-refractivity contribution in [1.82, 2.24) is 9.80 Å². The number of nitrogens with zero attached hydrogens (tertiary/aromatic N) is 2. The fraction of sp³-hybridized carbons (Fsp3) is 0.524. The van der Waals surface area contributed by atoms with E-state index in [1.54, 1.807) is 0 Å². The molecule has 6 nitrogen and oxygen atoms in total. The van der Waals surface area contributed by atoms with Crippen molar-refractivity contribution in [3.05, 3.63) is 30.0 Å². The number of benzene rings is 1. The van der Waals surface area contributed by atoms with Gasteiger partial charge in [0.05, 0.1) is 0 Å². The van der Waals surface area contributed by atoms with E-state index in [-0.39, 0.29) is 23.5 Å². The fourth-order valence-corrected chi connectivity index (χ4v) is 4.14. The van der Waals surface area contributed by atoms with Crippen LogP contribution < -0.4 is 5.32 Å². The molecule has 1 aliphatic heterocycles. The monoisotopic (exact) mass is 369 g/mol. The van der Waals surface area contributed by atoms with Crippen LogP contribution in [0, 0.1) is 5.92 Å². The maximum Gasteiger partial charge on any atom is 0.291 e. The zero-order valence-electron chi connectivity index (χ0n) is 15.9. The van der Waals surface area contributed by atoms with Gasteiger partial charge < -0.3 is 19.5 Å². The summed E-state index contributed by atoms with van der Waals surface area (Å²) in [6.07, 6.45) is 4.03. The minimum Gasteiger partial charge on any atom is -0.449 e. The summed E-state index contributed by atoms with van der Waals surface area (Å²) in [5.41, 5.74) is 1.17. The minimum absolute atomic E-state index is 0.00362. The van der Waals surface area contributed by atoms with Gasteiger partial charge >= 0.3 is 0 Å². The zero-order valence-corrected chi connectivity index (χ0v) is 15.9. The second kappa shape index (κ2) is 7.72. The van der Waals surface area contributed by atoms with Crippen LogP contribution in [0.5, 0.6) is 0 Å². The third kappa shape index (κ3) is 3.58. The van der Waals surface area contributed by atoms with Crippen LogP contribution in [-0.4, -0.2) is 54.3 Å². The van der Waals surface area contributed by atoms with E-state index in [2.05, 4.69) is 17.1 Å². The normalized spacial score (nSPS) is 18.9. The van der Waals surface area contributed by atoms with Gasteiger partial charge in [-0.15, -0.1) is 0 Å². The third-order valence-corrected chi connectivity index (χ3v) is 5.87. The van der Waals surface area contributed by atoms with Crippen molar-refractivity contribution in [3.63, 3.8) is 0 Å². The van der Waals surface area contributed by atoms with Gasteiger partial charge in [0.1, 0.15) is 11.3 Å². The van der Waals surface area contributed by atoms with Crippen LogP contribution in [0.15, 0.2) is 28.7 Å². The highest BCUT2D eigenvalue weighted by molar-refractivity contribution is 6.11. The Morgan fingerprint density at radius 3 is 2.52 bits per heavy atom. The predicted molar refractivity (Wildman–Crippen MR) is 105 cm³/mol. The van der Waals surface area contributed by atoms with Gasteiger partial charge in [-0.25, -0.2) is 0 Å². The molecule has 1 saturated heterocycles. The lowest BCUT2D eigenvalue weighted by Crippen LogP contribution is -2.48. The molecule has 2 amide bonds. The highest BCUT2D eigenvalue weighted by Crippen LogP contribution is 2.34. The Balaban J connectivity index is 1.61. The molecular formula is C21H27N3O3. The standard InChI is InChI=1S/C21H27N3O3/c1-2-23-11-13-24(14-12-23)21(26)19-18(16-9-5-6-10-17(16)27-19)22-20(25)15-7-3-4-8-15/h5-6,9-10,15H,2-4,7-8,11-14H2,1H3,(H,22,25). The van der Waals surface area contributed by atoms with E-state index in [0.29, 0.717) is 24.4 Å². The first-order chi connectivity index (χ1) is 13.2. The van der Waals surface area contributed by atoms with Gasteiger partial charge in [0.2, 0.25) is 11.7 Å². The Labute approximate surface area is 159 Å². The molecule has 1 aromatic heterocycles. The third-order valence-electron chi connectivity index (χ3n) is 5.87. The molecule has 0 bridgehead atoms. The van der Waals surface area contributed by atoms with Crippen molar-refractivity contribution in [2.75, 3.05) is 38.0 Å². The maximum atomic E-state index is 13.2. The van der Waals surface area contributed by atoms with Gasteiger partial charge in [0.15, 0.2) is 0 Å². The molecule has 2 heterocycles. The fourth-order valence-electron chi connectivity index (χ4n) is 4.14. The summed E-state index contributed by atoms with van der Waals surface area (Å²) in [5.74, 6) is 0.162. The Morgan fingerprint density at radius 1 is 1.11 bits per heavy atom. The molecule has 0 atom stereocenters. The van der Waals surface area contributed by atoms with Gasteiger partial charge in [-0.05, 0) is 31.5 Å². The number of hydrogen-bond acceptors (Lipinski definition) is 4. The molecule has 2 aliphatic rings. The van der Waals surface area contributed by atoms with Crippen LogP contribution in [0.2, 0.25) is 0 Å². The van der Waals surface area contributed by atoms with E-state index in [4.69, 9.17) is 4.42 Å². The summed E-state index contributed by atoms with van der Waals surface area (Å²) in [5, 5.41) is 3.82. The van der Waals surface area contributed by atoms with E-state index in [1.165, 1.54) is 0 Å². The first-order valence-electron chi connectivity index (χ1n) is 10.0. The average Bonchev–Trinajstić information content (AvgIpc) is 3.36. The van der Waals surface area contributed by atoms with Crippen LogP contribution in [0.1, 0.15) is 43.2 Å². The average molecular weight is 369 g/mol. The van der Waals surface area contributed by atoms with Crippen LogP contribution in [-0.2, 0) is 4.79 Å². The summed E-state index contributed by atoms with van der Waals surface area (Å²) in [7, 11) is 0. The first kappa shape index (κ1) is 18.0. The molecule has 144 valence electrons. The smallest absolute Gasteiger partial charge is 0.291 e. The molecule has 1 N–H and O–H groups in total. The molecule has 27 heavy (non-hydrogen) atoms. The number of amides is 2. The molecule has 2 fully saturated rings. The van der Waals surface area contributed by atoms with Crippen molar-refractivity contribution in [2.45, 2.75) is 32.6 Å². The van der Waals surface area contributed by atoms with Crippen molar-refractivity contribution in [2.24, 2.45) is 5.92 Å². The number of furan rings is 1. The molecule has 0 spiro atoms. The predicted octanol–water partition coefficient (Wildman–Crippen LogP) is 3.34. The van der Waals surface area contributed by atoms with Crippen molar-refractivity contribution >= 4 is 28.5 Å². The number of nitrogens with one attached hydrogen (secondary N) is 1. The molecular weight excluding hydrogens is 342 g/mol. The second-order valence-electron chi connectivity index (χ2n) is 7.50. The van der Waals surface area contributed by atoms with E-state index < -0.39 is 0 Å². The van der Waals surface area contributed by atoms with Crippen molar-refractivity contribution in [3.8, 4) is 0 Å². The molecule has 2 aromatic rings. The van der Waals surface area contributed by atoms with E-state index in [1.807, 2.05) is 29.2 Å². The summed E-state index contributed by atoms with van der Waals surface area (Å²) < 4.78 is 5.91. The molecule has 6 heteroatoms. The molecule has 1 aromatic carbocycles. The summed E-state index contributed by atoms with van der Waals surface area (Å²) in [6.45, 7) is 6.22. The van der Waals surface area contributed by atoms with Crippen LogP contribution >= 0.6 is 0 Å². The SMILES string of the molecule is CCN1CCN(C(=O)c2oc3ccccc3c2NC(=O)C2CCCC2)CC1. The highest BCUT2D eigenvalue weighted by Gasteiger charge is 2.30. The summed E-state index contributed by atoms with van der Waals surface area (Å²) in [4.78, 5) is 30.0. The lowest BCUT2D eigenvalue weighted by atomic mass is 10.1. The number of likely N-dealkylation sites (N-methyl/N-ethyl adjacent to an activating group) is 1. The van der Waals surface area contributed by atoms with Gasteiger partial charge in [-0.2, -0.15) is 0 Å². The largest absolute Gasteiger partial charge is 0.449 e. The number of carbonyl (C=O) groups excluding carboxylic acids is 2. The maximum absolute atomic E-state index is 13.2. The molecule has 0 radical (unpaired) electrons. The van der Waals surface area contributed by atoms with E-state index in [0.717, 1.165) is 50.7 Å². The number of piperazine rings is 1. The number of carbonyl (C=O) groups is 2. The number of fused-ring (bicyclic) bond motifs is 1. The van der Waals surface area contributed by atoms with Crippen LogP contribution in [0.4, 0.5) is 5.69 Å². The Bertz CT molecular complexity index is 830. The van der Waals surface area contributed by atoms with E-state index in [9.17, 15) is 9.59 Å². The van der Waals surface area contributed by atoms with Crippen molar-refractivity contribution < 1.29 is 14.0 Å². The van der Waals surface area contributed by atoms with Gasteiger partial charge in [-0.3, -0.25) is 9.59 Å². The summed E-state index contributed by atoms with van der Waals surface area (Å²) in [6, 6.07) is 7.52. The molecule has 1 saturated carbocycles. The number of hydrogen-bond donors (Lipinski definition) is 1. The van der Waals surface area contributed by atoms with E-state index >= 15 is 0 Å². The Kier molecular flexibility index (Phi) is 5.16. The Hall–Kier alpha value is -2.34. The quantitative estimate of drug-likeness (QED) is 0.898. The minimum atomic E-state index is -0.135. The van der Waals surface area contributed by atoms with Gasteiger partial charge in [0.25, 0.3) is 5.91 Å². The van der Waals surface area contributed by atoms with Gasteiger partial charge in [-0.1, -0.05) is 31.9 Å². The van der Waals surface area contributed by atoms with Gasteiger partial charge in [0, 0.05) is 37.5 Å². The lowest BCUT2D eigenvalue weighted by molar-refractivity contribution is -0.119. The number of anilines is 1. The first-order valence-corrected chi connectivity index (χ1v) is 10.0. The lowest BCUT2D eigenvalue weighted by Gasteiger charge is -2.33. The molecule has 4 rings (SSSR count). The Morgan fingerprint density at radius 2 is 1.81 bits per heavy atom. The second-order valence-corrected chi connectivity index (χ2v) is 7.50. The number of para-hydroxylation sites is 1. The molecule has 1 aliphatic carbocycles. The zero-order chi connectivity index (χ0) is 18.8. The molecule has 0 unspecified atom stereocenters. The summed E-state index contributed by atoms with van der Waals surface area (Å²) >= 11 is 0. The van der Waals surface area contributed by atoms with Crippen LogP contribution in [0.3, 0.4) is 0 Å². The number of rotatable bonds is 4. The topological polar surface area (TPSA) is 65.8 Å². The van der Waals surface area contributed by atoms with Crippen LogP contribution in [0.25, 0.3) is 11.0 Å².